The molecule has 0 radical (unpaired) electrons. The fraction of sp³-hybridized carbons (Fsp3) is 0.929. The number of hydrogen-bond donors (Lipinski definition) is 0. The first-order valence-electron chi connectivity index (χ1n) is 6.76. The van der Waals surface area contributed by atoms with Gasteiger partial charge in [-0.05, 0) is 36.5 Å². The molecule has 2 fully saturated rings. The van der Waals surface area contributed by atoms with Crippen molar-refractivity contribution in [1.82, 2.24) is 4.90 Å². The minimum Gasteiger partial charge on any atom is -0.342 e. The number of amides is 1. The lowest BCUT2D eigenvalue weighted by molar-refractivity contribution is -0.132. The largest absolute Gasteiger partial charge is 0.342 e. The van der Waals surface area contributed by atoms with Gasteiger partial charge >= 0.3 is 0 Å². The topological polar surface area (TPSA) is 20.3 Å². The van der Waals surface area contributed by atoms with Gasteiger partial charge in [0, 0.05) is 19.0 Å². The Kier molecular flexibility index (Phi) is 3.02. The number of carbonyl (C=O) groups excluding carboxylic acids is 1. The summed E-state index contributed by atoms with van der Waals surface area (Å²) in [5, 5.41) is 0. The van der Waals surface area contributed by atoms with Gasteiger partial charge < -0.3 is 4.90 Å². The van der Waals surface area contributed by atoms with Crippen LogP contribution in [0, 0.1) is 23.2 Å². The second-order valence-corrected chi connectivity index (χ2v) is 6.33. The molecule has 0 atom stereocenters. The van der Waals surface area contributed by atoms with Crippen LogP contribution in [0.3, 0.4) is 0 Å². The van der Waals surface area contributed by atoms with E-state index in [2.05, 4.69) is 32.6 Å². The van der Waals surface area contributed by atoms with E-state index in [-0.39, 0.29) is 0 Å². The average Bonchev–Trinajstić information content (AvgIpc) is 2.94. The van der Waals surface area contributed by atoms with E-state index >= 15 is 0 Å². The summed E-state index contributed by atoms with van der Waals surface area (Å²) in [7, 11) is 0. The van der Waals surface area contributed by atoms with Crippen LogP contribution in [0.1, 0.15) is 47.0 Å². The van der Waals surface area contributed by atoms with Crippen molar-refractivity contribution in [2.24, 2.45) is 23.2 Å². The smallest absolute Gasteiger partial charge is 0.225 e. The summed E-state index contributed by atoms with van der Waals surface area (Å²) in [5.74, 6) is 2.16. The fourth-order valence-electron chi connectivity index (χ4n) is 3.24. The first-order chi connectivity index (χ1) is 7.47. The van der Waals surface area contributed by atoms with Crippen LogP contribution in [0.15, 0.2) is 0 Å². The number of likely N-dealkylation sites (tertiary alicyclic amines) is 1. The Balaban J connectivity index is 2.06. The van der Waals surface area contributed by atoms with E-state index in [1.807, 2.05) is 0 Å². The molecule has 1 saturated heterocycles. The molecule has 2 aliphatic rings. The zero-order chi connectivity index (χ0) is 11.9. The van der Waals surface area contributed by atoms with Gasteiger partial charge in [0.05, 0.1) is 0 Å². The molecular formula is C14H25NO. The summed E-state index contributed by atoms with van der Waals surface area (Å²) < 4.78 is 0. The molecule has 2 heteroatoms. The number of hydrogen-bond acceptors (Lipinski definition) is 1. The minimum absolute atomic E-state index is 0.366. The van der Waals surface area contributed by atoms with E-state index in [1.165, 1.54) is 6.42 Å². The molecule has 1 heterocycles. The van der Waals surface area contributed by atoms with E-state index in [1.54, 1.807) is 0 Å². The van der Waals surface area contributed by atoms with Crippen molar-refractivity contribution in [3.05, 3.63) is 0 Å². The van der Waals surface area contributed by atoms with Gasteiger partial charge in [0.15, 0.2) is 0 Å². The Morgan fingerprint density at radius 1 is 1.19 bits per heavy atom. The predicted octanol–water partition coefficient (Wildman–Crippen LogP) is 2.93. The summed E-state index contributed by atoms with van der Waals surface area (Å²) in [5.41, 5.74) is 0.366. The molecule has 16 heavy (non-hydrogen) atoms. The maximum atomic E-state index is 12.1. The highest BCUT2D eigenvalue weighted by Crippen LogP contribution is 2.45. The predicted molar refractivity (Wildman–Crippen MR) is 66.0 cm³/mol. The number of carbonyl (C=O) groups is 1. The minimum atomic E-state index is 0.366. The third-order valence-corrected chi connectivity index (χ3v) is 4.87. The average molecular weight is 223 g/mol. The maximum absolute atomic E-state index is 12.1. The Morgan fingerprint density at radius 2 is 1.75 bits per heavy atom. The van der Waals surface area contributed by atoms with Gasteiger partial charge in [-0.3, -0.25) is 4.79 Å². The van der Waals surface area contributed by atoms with Gasteiger partial charge in [-0.15, -0.1) is 0 Å². The van der Waals surface area contributed by atoms with Crippen molar-refractivity contribution in [3.63, 3.8) is 0 Å². The molecule has 0 unspecified atom stereocenters. The zero-order valence-electron chi connectivity index (χ0n) is 11.1. The van der Waals surface area contributed by atoms with Crippen molar-refractivity contribution in [3.8, 4) is 0 Å². The Bertz CT molecular complexity index is 270. The second-order valence-electron chi connectivity index (χ2n) is 6.33. The van der Waals surface area contributed by atoms with Crippen molar-refractivity contribution >= 4 is 5.91 Å². The number of rotatable bonds is 3. The second kappa shape index (κ2) is 4.05. The molecule has 0 aromatic rings. The maximum Gasteiger partial charge on any atom is 0.225 e. The molecule has 0 aromatic carbocycles. The van der Waals surface area contributed by atoms with E-state index in [0.717, 1.165) is 25.9 Å². The standard InChI is InChI=1S/C14H25NO/c1-10(2)14(11(3)4)7-8-15(9-14)13(16)12-5-6-12/h10-12H,5-9H2,1-4H3. The lowest BCUT2D eigenvalue weighted by atomic mass is 9.68. The molecule has 1 saturated carbocycles. The summed E-state index contributed by atoms with van der Waals surface area (Å²) in [6, 6.07) is 0. The van der Waals surface area contributed by atoms with Crippen LogP contribution in [0.25, 0.3) is 0 Å². The quantitative estimate of drug-likeness (QED) is 0.720. The monoisotopic (exact) mass is 223 g/mol. The molecule has 0 N–H and O–H groups in total. The molecule has 1 amide bonds. The van der Waals surface area contributed by atoms with E-state index < -0.39 is 0 Å². The molecule has 2 nitrogen and oxygen atoms in total. The molecule has 1 aliphatic heterocycles. The SMILES string of the molecule is CC(C)C1(C(C)C)CCN(C(=O)C2CC2)C1. The van der Waals surface area contributed by atoms with Gasteiger partial charge in [0.1, 0.15) is 0 Å². The Labute approximate surface area is 99.4 Å². The highest BCUT2D eigenvalue weighted by Gasteiger charge is 2.46. The summed E-state index contributed by atoms with van der Waals surface area (Å²) in [4.78, 5) is 14.2. The van der Waals surface area contributed by atoms with Crippen LogP contribution in [-0.2, 0) is 4.79 Å². The van der Waals surface area contributed by atoms with Crippen LogP contribution < -0.4 is 0 Å². The van der Waals surface area contributed by atoms with Crippen LogP contribution >= 0.6 is 0 Å². The van der Waals surface area contributed by atoms with E-state index in [9.17, 15) is 4.79 Å². The van der Waals surface area contributed by atoms with Crippen LogP contribution in [-0.4, -0.2) is 23.9 Å². The molecule has 0 aromatic heterocycles. The first-order valence-corrected chi connectivity index (χ1v) is 6.76. The highest BCUT2D eigenvalue weighted by molar-refractivity contribution is 5.81. The lowest BCUT2D eigenvalue weighted by Crippen LogP contribution is -2.38. The molecular weight excluding hydrogens is 198 g/mol. The van der Waals surface area contributed by atoms with Crippen molar-refractivity contribution in [2.75, 3.05) is 13.1 Å². The van der Waals surface area contributed by atoms with Crippen molar-refractivity contribution < 1.29 is 4.79 Å². The third kappa shape index (κ3) is 1.87. The Hall–Kier alpha value is -0.530. The van der Waals surface area contributed by atoms with Gasteiger partial charge in [0.25, 0.3) is 0 Å². The third-order valence-electron chi connectivity index (χ3n) is 4.87. The highest BCUT2D eigenvalue weighted by atomic mass is 16.2. The summed E-state index contributed by atoms with van der Waals surface area (Å²) in [6.45, 7) is 11.2. The zero-order valence-corrected chi connectivity index (χ0v) is 11.1. The van der Waals surface area contributed by atoms with Gasteiger partial charge in [0.2, 0.25) is 5.91 Å². The first kappa shape index (κ1) is 11.9. The molecule has 0 spiro atoms. The van der Waals surface area contributed by atoms with Gasteiger partial charge in [-0.2, -0.15) is 0 Å². The number of nitrogens with zero attached hydrogens (tertiary/aromatic N) is 1. The van der Waals surface area contributed by atoms with Crippen LogP contribution in [0.5, 0.6) is 0 Å². The van der Waals surface area contributed by atoms with E-state index in [0.29, 0.717) is 29.1 Å². The molecule has 92 valence electrons. The molecule has 0 bridgehead atoms. The molecule has 2 rings (SSSR count). The molecule has 1 aliphatic carbocycles. The fourth-order valence-corrected chi connectivity index (χ4v) is 3.24. The normalized spacial score (nSPS) is 24.5. The van der Waals surface area contributed by atoms with Crippen molar-refractivity contribution in [1.29, 1.82) is 0 Å². The van der Waals surface area contributed by atoms with Gasteiger partial charge in [-0.1, -0.05) is 27.7 Å². The Morgan fingerprint density at radius 3 is 2.12 bits per heavy atom. The lowest BCUT2D eigenvalue weighted by Gasteiger charge is -2.37. The van der Waals surface area contributed by atoms with Gasteiger partial charge in [-0.25, -0.2) is 0 Å². The summed E-state index contributed by atoms with van der Waals surface area (Å²) >= 11 is 0. The summed E-state index contributed by atoms with van der Waals surface area (Å²) in [6.07, 6.45) is 3.46. The van der Waals surface area contributed by atoms with Crippen LogP contribution in [0.4, 0.5) is 0 Å². The van der Waals surface area contributed by atoms with Crippen LogP contribution in [0.2, 0.25) is 0 Å². The van der Waals surface area contributed by atoms with Crippen molar-refractivity contribution in [2.45, 2.75) is 47.0 Å². The van der Waals surface area contributed by atoms with E-state index in [4.69, 9.17) is 0 Å².